The molecule has 0 atom stereocenters. The molecule has 1 aromatic heterocycles. The predicted molar refractivity (Wildman–Crippen MR) is 68.3 cm³/mol. The fraction of sp³-hybridized carbons (Fsp3) is 0.375. The number of esters is 1. The molecule has 1 rings (SSSR count). The fourth-order valence-electron chi connectivity index (χ4n) is 0.895. The largest absolute Gasteiger partial charge is 0.462 e. The average Bonchev–Trinajstić information content (AvgIpc) is 2.44. The zero-order valence-corrected chi connectivity index (χ0v) is 12.8. The summed E-state index contributed by atoms with van der Waals surface area (Å²) in [6.07, 6.45) is 0. The number of hydrogen-bond donors (Lipinski definition) is 0. The van der Waals surface area contributed by atoms with Crippen LogP contribution in [0.15, 0.2) is 8.26 Å². The van der Waals surface area contributed by atoms with Gasteiger partial charge in [0.05, 0.1) is 10.4 Å². The van der Waals surface area contributed by atoms with Crippen LogP contribution in [-0.2, 0) is 10.1 Å². The molecular formula is C8H7Br3O2S. The molecule has 78 valence electrons. The molecule has 14 heavy (non-hydrogen) atoms. The summed E-state index contributed by atoms with van der Waals surface area (Å²) >= 11 is 11.5. The van der Waals surface area contributed by atoms with Gasteiger partial charge in [0, 0.05) is 15.4 Å². The topological polar surface area (TPSA) is 26.3 Å². The predicted octanol–water partition coefficient (Wildman–Crippen LogP) is 4.34. The molecule has 0 saturated heterocycles. The number of ether oxygens (including phenoxy) is 1. The van der Waals surface area contributed by atoms with E-state index in [1.165, 1.54) is 11.3 Å². The number of thiophene rings is 1. The number of hydrogen-bond acceptors (Lipinski definition) is 3. The lowest BCUT2D eigenvalue weighted by molar-refractivity contribution is 0.0531. The van der Waals surface area contributed by atoms with Crippen LogP contribution >= 0.6 is 59.1 Å². The van der Waals surface area contributed by atoms with Crippen LogP contribution in [0.5, 0.6) is 0 Å². The summed E-state index contributed by atoms with van der Waals surface area (Å²) in [4.78, 5) is 12.2. The SMILES string of the molecule is CCOC(=O)c1sc(Br)c(Br)c1CBr. The zero-order chi connectivity index (χ0) is 10.7. The Morgan fingerprint density at radius 2 is 2.14 bits per heavy atom. The second-order valence-corrected chi connectivity index (χ2v) is 6.04. The van der Waals surface area contributed by atoms with Gasteiger partial charge in [0.15, 0.2) is 0 Å². The highest BCUT2D eigenvalue weighted by Gasteiger charge is 2.20. The lowest BCUT2D eigenvalue weighted by Crippen LogP contribution is -2.04. The van der Waals surface area contributed by atoms with Crippen molar-refractivity contribution in [3.63, 3.8) is 0 Å². The third kappa shape index (κ3) is 2.59. The molecule has 0 bridgehead atoms. The Labute approximate surface area is 111 Å². The molecule has 0 radical (unpaired) electrons. The van der Waals surface area contributed by atoms with Crippen molar-refractivity contribution in [2.24, 2.45) is 0 Å². The number of carbonyl (C=O) groups is 1. The summed E-state index contributed by atoms with van der Waals surface area (Å²) in [5.41, 5.74) is 0.931. The minimum Gasteiger partial charge on any atom is -0.462 e. The van der Waals surface area contributed by atoms with Gasteiger partial charge in [-0.15, -0.1) is 11.3 Å². The van der Waals surface area contributed by atoms with E-state index in [1.807, 2.05) is 0 Å². The molecule has 0 N–H and O–H groups in total. The van der Waals surface area contributed by atoms with Crippen LogP contribution in [0, 0.1) is 0 Å². The molecule has 0 aliphatic carbocycles. The maximum Gasteiger partial charge on any atom is 0.348 e. The highest BCUT2D eigenvalue weighted by molar-refractivity contribution is 9.13. The quantitative estimate of drug-likeness (QED) is 0.551. The van der Waals surface area contributed by atoms with Crippen LogP contribution in [0.3, 0.4) is 0 Å². The van der Waals surface area contributed by atoms with E-state index >= 15 is 0 Å². The molecular weight excluding hydrogens is 400 g/mol. The van der Waals surface area contributed by atoms with Gasteiger partial charge in [-0.25, -0.2) is 4.79 Å². The van der Waals surface area contributed by atoms with E-state index in [4.69, 9.17) is 4.74 Å². The van der Waals surface area contributed by atoms with E-state index in [2.05, 4.69) is 47.8 Å². The highest BCUT2D eigenvalue weighted by Crippen LogP contribution is 2.38. The molecule has 0 saturated carbocycles. The molecule has 0 aliphatic heterocycles. The van der Waals surface area contributed by atoms with Gasteiger partial charge < -0.3 is 4.74 Å². The van der Waals surface area contributed by atoms with Crippen molar-refractivity contribution in [2.45, 2.75) is 12.3 Å². The zero-order valence-electron chi connectivity index (χ0n) is 7.27. The second-order valence-electron chi connectivity index (χ2n) is 2.35. The molecule has 1 heterocycles. The summed E-state index contributed by atoms with van der Waals surface area (Å²) in [6, 6.07) is 0. The van der Waals surface area contributed by atoms with Crippen molar-refractivity contribution in [2.75, 3.05) is 6.61 Å². The van der Waals surface area contributed by atoms with Crippen molar-refractivity contribution in [1.29, 1.82) is 0 Å². The fourth-order valence-corrected chi connectivity index (χ4v) is 4.29. The Hall–Kier alpha value is 0.610. The van der Waals surface area contributed by atoms with Gasteiger partial charge in [-0.05, 0) is 38.8 Å². The standard InChI is InChI=1S/C8H7Br3O2S/c1-2-13-8(12)6-4(3-9)5(10)7(11)14-6/h2-3H2,1H3. The van der Waals surface area contributed by atoms with E-state index in [-0.39, 0.29) is 5.97 Å². The summed E-state index contributed by atoms with van der Waals surface area (Å²) in [7, 11) is 0. The molecule has 0 aromatic carbocycles. The van der Waals surface area contributed by atoms with Crippen molar-refractivity contribution >= 4 is 65.1 Å². The van der Waals surface area contributed by atoms with Crippen LogP contribution in [0.4, 0.5) is 0 Å². The van der Waals surface area contributed by atoms with E-state index in [1.54, 1.807) is 6.92 Å². The Morgan fingerprint density at radius 3 is 2.64 bits per heavy atom. The first-order chi connectivity index (χ1) is 6.61. The first-order valence-corrected chi connectivity index (χ1v) is 7.34. The number of alkyl halides is 1. The minimum absolute atomic E-state index is 0.265. The van der Waals surface area contributed by atoms with Crippen LogP contribution in [0.25, 0.3) is 0 Å². The highest BCUT2D eigenvalue weighted by atomic mass is 79.9. The van der Waals surface area contributed by atoms with Gasteiger partial charge in [-0.2, -0.15) is 0 Å². The monoisotopic (exact) mass is 404 g/mol. The lowest BCUT2D eigenvalue weighted by Gasteiger charge is -2.00. The van der Waals surface area contributed by atoms with Crippen molar-refractivity contribution in [3.05, 3.63) is 18.7 Å². The third-order valence-corrected chi connectivity index (χ3v) is 5.61. The Balaban J connectivity index is 3.08. The Bertz CT molecular complexity index is 349. The number of halogens is 3. The molecule has 0 fully saturated rings. The lowest BCUT2D eigenvalue weighted by atomic mass is 10.3. The minimum atomic E-state index is -0.265. The maximum atomic E-state index is 11.5. The van der Waals surface area contributed by atoms with Crippen LogP contribution in [-0.4, -0.2) is 12.6 Å². The van der Waals surface area contributed by atoms with Crippen molar-refractivity contribution < 1.29 is 9.53 Å². The van der Waals surface area contributed by atoms with Gasteiger partial charge >= 0.3 is 5.97 Å². The molecule has 0 unspecified atom stereocenters. The molecule has 0 spiro atoms. The summed E-state index contributed by atoms with van der Waals surface area (Å²) in [6.45, 7) is 2.19. The molecule has 1 aromatic rings. The molecule has 0 amide bonds. The molecule has 6 heteroatoms. The van der Waals surface area contributed by atoms with Crippen molar-refractivity contribution in [1.82, 2.24) is 0 Å². The number of carbonyl (C=O) groups excluding carboxylic acids is 1. The van der Waals surface area contributed by atoms with E-state index in [0.717, 1.165) is 13.8 Å². The van der Waals surface area contributed by atoms with Gasteiger partial charge in [0.2, 0.25) is 0 Å². The molecule has 0 aliphatic rings. The summed E-state index contributed by atoms with van der Waals surface area (Å²) in [5, 5.41) is 0.629. The Morgan fingerprint density at radius 1 is 1.50 bits per heavy atom. The van der Waals surface area contributed by atoms with Crippen LogP contribution in [0.2, 0.25) is 0 Å². The first kappa shape index (κ1) is 12.7. The molecule has 2 nitrogen and oxygen atoms in total. The van der Waals surface area contributed by atoms with Crippen LogP contribution < -0.4 is 0 Å². The maximum absolute atomic E-state index is 11.5. The van der Waals surface area contributed by atoms with E-state index in [0.29, 0.717) is 16.8 Å². The third-order valence-electron chi connectivity index (χ3n) is 1.50. The summed E-state index contributed by atoms with van der Waals surface area (Å²) < 4.78 is 6.78. The normalized spacial score (nSPS) is 10.3. The van der Waals surface area contributed by atoms with E-state index in [9.17, 15) is 4.79 Å². The van der Waals surface area contributed by atoms with Gasteiger partial charge in [0.1, 0.15) is 4.88 Å². The average molecular weight is 407 g/mol. The smallest absolute Gasteiger partial charge is 0.348 e. The van der Waals surface area contributed by atoms with Gasteiger partial charge in [-0.3, -0.25) is 0 Å². The summed E-state index contributed by atoms with van der Waals surface area (Å²) in [5.74, 6) is -0.265. The Kier molecular flexibility index (Phi) is 5.10. The first-order valence-electron chi connectivity index (χ1n) is 3.81. The van der Waals surface area contributed by atoms with Crippen molar-refractivity contribution in [3.8, 4) is 0 Å². The van der Waals surface area contributed by atoms with E-state index < -0.39 is 0 Å². The van der Waals surface area contributed by atoms with Gasteiger partial charge in [0.25, 0.3) is 0 Å². The van der Waals surface area contributed by atoms with Gasteiger partial charge in [-0.1, -0.05) is 15.9 Å². The van der Waals surface area contributed by atoms with Crippen LogP contribution in [0.1, 0.15) is 22.2 Å². The number of rotatable bonds is 3. The second kappa shape index (κ2) is 5.63.